The molecule has 1 N–H and O–H groups in total. The number of rotatable bonds is 13. The summed E-state index contributed by atoms with van der Waals surface area (Å²) in [5, 5.41) is 2.79. The van der Waals surface area contributed by atoms with Gasteiger partial charge in [0.25, 0.3) is 0 Å². The van der Waals surface area contributed by atoms with Gasteiger partial charge in [0.15, 0.2) is 12.4 Å². The van der Waals surface area contributed by atoms with Crippen LogP contribution in [0.4, 0.5) is 0 Å². The average molecular weight is 540 g/mol. The molecule has 1 amide bonds. The van der Waals surface area contributed by atoms with Gasteiger partial charge in [-0.3, -0.25) is 14.4 Å². The number of carbonyl (C=O) groups excluding carboxylic acids is 6. The Hall–Kier alpha value is -4.30. The minimum absolute atomic E-state index is 0.0380. The maximum absolute atomic E-state index is 12.6. The molecule has 39 heavy (non-hydrogen) atoms. The molecule has 0 radical (unpaired) electrons. The fourth-order valence-corrected chi connectivity index (χ4v) is 3.82. The SMILES string of the molecule is CCOC(=O)C(CC)(CCc1ccc(Oc2ccc(C(=O)COC(=O)C3CC3)cc2)cc1)NC(C)=O.O=C=O. The molecule has 10 nitrogen and oxygen atoms in total. The molecule has 1 fully saturated rings. The molecule has 0 spiro atoms. The van der Waals surface area contributed by atoms with Crippen molar-refractivity contribution >= 4 is 29.8 Å². The summed E-state index contributed by atoms with van der Waals surface area (Å²) in [6.45, 7) is 4.97. The van der Waals surface area contributed by atoms with E-state index in [2.05, 4.69) is 5.32 Å². The van der Waals surface area contributed by atoms with Gasteiger partial charge < -0.3 is 19.5 Å². The van der Waals surface area contributed by atoms with Crippen LogP contribution in [0, 0.1) is 5.92 Å². The molecule has 0 saturated heterocycles. The number of carbonyl (C=O) groups is 4. The molecule has 1 atom stereocenters. The highest BCUT2D eigenvalue weighted by Gasteiger charge is 2.38. The van der Waals surface area contributed by atoms with Crippen LogP contribution in [0.5, 0.6) is 11.5 Å². The second kappa shape index (κ2) is 15.2. The average Bonchev–Trinajstić information content (AvgIpc) is 3.77. The van der Waals surface area contributed by atoms with E-state index in [9.17, 15) is 19.2 Å². The summed E-state index contributed by atoms with van der Waals surface area (Å²) in [6.07, 6.45) is 3.32. The number of hydrogen-bond acceptors (Lipinski definition) is 9. The Bertz CT molecular complexity index is 1160. The van der Waals surface area contributed by atoms with Crippen molar-refractivity contribution < 1.29 is 43.0 Å². The predicted molar refractivity (Wildman–Crippen MR) is 138 cm³/mol. The summed E-state index contributed by atoms with van der Waals surface area (Å²) in [5.74, 6) is -0.124. The Morgan fingerprint density at radius 3 is 1.97 bits per heavy atom. The molecule has 0 aliphatic heterocycles. The van der Waals surface area contributed by atoms with Gasteiger partial charge in [0.05, 0.1) is 12.5 Å². The maximum atomic E-state index is 12.6. The highest BCUT2D eigenvalue weighted by atomic mass is 16.5. The van der Waals surface area contributed by atoms with E-state index in [1.165, 1.54) is 6.92 Å². The van der Waals surface area contributed by atoms with Crippen LogP contribution in [0.2, 0.25) is 0 Å². The Balaban J connectivity index is 0.00000170. The molecule has 1 saturated carbocycles. The van der Waals surface area contributed by atoms with Crippen molar-refractivity contribution in [1.82, 2.24) is 5.32 Å². The summed E-state index contributed by atoms with van der Waals surface area (Å²) in [4.78, 5) is 64.4. The first kappa shape index (κ1) is 30.9. The number of hydrogen-bond donors (Lipinski definition) is 1. The minimum atomic E-state index is -1.06. The van der Waals surface area contributed by atoms with Crippen LogP contribution >= 0.6 is 0 Å². The van der Waals surface area contributed by atoms with Gasteiger partial charge in [-0.25, -0.2) is 4.79 Å². The first-order valence-electron chi connectivity index (χ1n) is 12.7. The molecular weight excluding hydrogens is 506 g/mol. The molecule has 10 heteroatoms. The molecule has 3 rings (SSSR count). The third kappa shape index (κ3) is 9.83. The molecule has 208 valence electrons. The number of amides is 1. The Morgan fingerprint density at radius 2 is 1.49 bits per heavy atom. The number of benzene rings is 2. The Morgan fingerprint density at radius 1 is 0.923 bits per heavy atom. The highest BCUT2D eigenvalue weighted by molar-refractivity contribution is 5.98. The van der Waals surface area contributed by atoms with Crippen molar-refractivity contribution in [2.45, 2.75) is 58.4 Å². The van der Waals surface area contributed by atoms with Crippen LogP contribution in [-0.2, 0) is 39.9 Å². The van der Waals surface area contributed by atoms with Crippen LogP contribution in [0.3, 0.4) is 0 Å². The van der Waals surface area contributed by atoms with Crippen molar-refractivity contribution in [3.8, 4) is 11.5 Å². The number of aryl methyl sites for hydroxylation is 1. The number of ketones is 1. The van der Waals surface area contributed by atoms with Crippen molar-refractivity contribution in [2.24, 2.45) is 5.92 Å². The minimum Gasteiger partial charge on any atom is -0.464 e. The van der Waals surface area contributed by atoms with E-state index in [1.54, 1.807) is 31.2 Å². The largest absolute Gasteiger partial charge is 0.464 e. The van der Waals surface area contributed by atoms with Gasteiger partial charge in [-0.2, -0.15) is 9.59 Å². The molecule has 0 heterocycles. The molecule has 0 aromatic heterocycles. The van der Waals surface area contributed by atoms with Crippen molar-refractivity contribution in [3.63, 3.8) is 0 Å². The fraction of sp³-hybridized carbons (Fsp3) is 0.414. The third-order valence-corrected chi connectivity index (χ3v) is 6.12. The first-order valence-corrected chi connectivity index (χ1v) is 12.7. The summed E-state index contributed by atoms with van der Waals surface area (Å²) in [5.41, 5.74) is 0.366. The zero-order chi connectivity index (χ0) is 28.8. The van der Waals surface area contributed by atoms with E-state index in [0.29, 0.717) is 36.3 Å². The molecule has 1 unspecified atom stereocenters. The van der Waals surface area contributed by atoms with Crippen molar-refractivity contribution in [3.05, 3.63) is 59.7 Å². The summed E-state index contributed by atoms with van der Waals surface area (Å²) in [7, 11) is 0. The molecule has 0 bridgehead atoms. The highest BCUT2D eigenvalue weighted by Crippen LogP contribution is 2.30. The van der Waals surface area contributed by atoms with E-state index in [1.807, 2.05) is 31.2 Å². The lowest BCUT2D eigenvalue weighted by molar-refractivity contribution is -0.191. The second-order valence-corrected chi connectivity index (χ2v) is 9.00. The predicted octanol–water partition coefficient (Wildman–Crippen LogP) is 3.81. The smallest absolute Gasteiger partial charge is 0.373 e. The van der Waals surface area contributed by atoms with Gasteiger partial charge in [0.2, 0.25) is 5.91 Å². The normalized spacial score (nSPS) is 13.4. The molecule has 2 aromatic rings. The maximum Gasteiger partial charge on any atom is 0.373 e. The number of esters is 2. The lowest BCUT2D eigenvalue weighted by atomic mass is 9.88. The molecule has 1 aliphatic rings. The van der Waals surface area contributed by atoms with Gasteiger partial charge in [-0.05, 0) is 81.0 Å². The summed E-state index contributed by atoms with van der Waals surface area (Å²) in [6, 6.07) is 14.1. The zero-order valence-corrected chi connectivity index (χ0v) is 22.3. The molecule has 1 aliphatic carbocycles. The van der Waals surface area contributed by atoms with Gasteiger partial charge in [0.1, 0.15) is 17.0 Å². The van der Waals surface area contributed by atoms with Gasteiger partial charge >= 0.3 is 18.1 Å². The van der Waals surface area contributed by atoms with E-state index in [0.717, 1.165) is 18.4 Å². The van der Waals surface area contributed by atoms with Crippen LogP contribution in [0.15, 0.2) is 48.5 Å². The van der Waals surface area contributed by atoms with Crippen LogP contribution in [0.25, 0.3) is 0 Å². The van der Waals surface area contributed by atoms with E-state index in [4.69, 9.17) is 23.8 Å². The standard InChI is InChI=1S/C28H33NO7.CO2/c1-4-28(29-19(3)30,27(33)34-5-2)17-16-20-6-12-23(13-7-20)36-24-14-10-21(11-15-24)25(31)18-35-26(32)22-8-9-22;2-1-3/h6-7,10-15,22H,4-5,8-9,16-18H2,1-3H3,(H,29,30);. The Kier molecular flexibility index (Phi) is 12.0. The zero-order valence-electron chi connectivity index (χ0n) is 22.3. The van der Waals surface area contributed by atoms with Crippen molar-refractivity contribution in [2.75, 3.05) is 13.2 Å². The molecule has 2 aromatic carbocycles. The number of ether oxygens (including phenoxy) is 3. The Labute approximate surface area is 227 Å². The van der Waals surface area contributed by atoms with E-state index in [-0.39, 0.29) is 42.9 Å². The van der Waals surface area contributed by atoms with Crippen LogP contribution in [-0.4, -0.2) is 48.5 Å². The first-order chi connectivity index (χ1) is 18.7. The van der Waals surface area contributed by atoms with Crippen LogP contribution < -0.4 is 10.1 Å². The lowest BCUT2D eigenvalue weighted by Gasteiger charge is -2.31. The van der Waals surface area contributed by atoms with Crippen molar-refractivity contribution in [1.29, 1.82) is 0 Å². The summed E-state index contributed by atoms with van der Waals surface area (Å²) < 4.78 is 16.1. The fourth-order valence-electron chi connectivity index (χ4n) is 3.82. The van der Waals surface area contributed by atoms with Gasteiger partial charge in [0, 0.05) is 12.5 Å². The van der Waals surface area contributed by atoms with E-state index >= 15 is 0 Å². The summed E-state index contributed by atoms with van der Waals surface area (Å²) >= 11 is 0. The van der Waals surface area contributed by atoms with Gasteiger partial charge in [-0.15, -0.1) is 0 Å². The van der Waals surface area contributed by atoms with Gasteiger partial charge in [-0.1, -0.05) is 19.1 Å². The quantitative estimate of drug-likeness (QED) is 0.297. The monoisotopic (exact) mass is 539 g/mol. The topological polar surface area (TPSA) is 142 Å². The second-order valence-electron chi connectivity index (χ2n) is 9.00. The van der Waals surface area contributed by atoms with Crippen LogP contribution in [0.1, 0.15) is 62.4 Å². The number of Topliss-reactive ketones (excluding diaryl/α,β-unsaturated/α-hetero) is 1. The lowest BCUT2D eigenvalue weighted by Crippen LogP contribution is -2.54. The number of nitrogens with one attached hydrogen (secondary N) is 1. The third-order valence-electron chi connectivity index (χ3n) is 6.12. The molecular formula is C29H33NO9. The van der Waals surface area contributed by atoms with E-state index < -0.39 is 11.5 Å².